The normalized spacial score (nSPS) is 16.1. The Balaban J connectivity index is 1.57. The van der Waals surface area contributed by atoms with E-state index in [1.54, 1.807) is 12.1 Å². The largest absolute Gasteiger partial charge is 0.416 e. The summed E-state index contributed by atoms with van der Waals surface area (Å²) in [4.78, 5) is 31.3. The highest BCUT2D eigenvalue weighted by Gasteiger charge is 2.36. The van der Waals surface area contributed by atoms with Crippen molar-refractivity contribution in [1.82, 2.24) is 20.1 Å². The summed E-state index contributed by atoms with van der Waals surface area (Å²) in [7, 11) is 0. The number of rotatable bonds is 4. The smallest absolute Gasteiger partial charge is 0.384 e. The van der Waals surface area contributed by atoms with Crippen LogP contribution >= 0.6 is 0 Å². The number of nitrogens with one attached hydrogen (secondary N) is 1. The van der Waals surface area contributed by atoms with Crippen LogP contribution < -0.4 is 16.0 Å². The van der Waals surface area contributed by atoms with E-state index < -0.39 is 23.6 Å². The molecule has 1 aliphatic heterocycles. The van der Waals surface area contributed by atoms with Crippen molar-refractivity contribution in [2.45, 2.75) is 25.7 Å². The van der Waals surface area contributed by atoms with E-state index in [1.807, 2.05) is 6.92 Å². The Labute approximate surface area is 180 Å². The summed E-state index contributed by atoms with van der Waals surface area (Å²) in [6.07, 6.45) is -1.62. The van der Waals surface area contributed by atoms with Gasteiger partial charge in [0.25, 0.3) is 11.8 Å². The molecule has 0 spiro atoms. The van der Waals surface area contributed by atoms with Crippen molar-refractivity contribution >= 4 is 23.3 Å². The van der Waals surface area contributed by atoms with Gasteiger partial charge in [0.1, 0.15) is 11.5 Å². The number of anilines is 2. The maximum atomic E-state index is 13.2. The number of hydrogen-bond acceptors (Lipinski definition) is 5. The topological polar surface area (TPSA) is 106 Å². The van der Waals surface area contributed by atoms with E-state index in [1.165, 1.54) is 34.1 Å². The molecule has 0 aliphatic carbocycles. The molecular formula is C21H19F3N6O2. The van der Waals surface area contributed by atoms with Gasteiger partial charge in [0.2, 0.25) is 0 Å². The Bertz CT molecular complexity index is 1160. The van der Waals surface area contributed by atoms with Crippen LogP contribution in [0, 0.1) is 0 Å². The number of nitrogen functional groups attached to an aromatic ring is 1. The number of nitrogens with zero attached hydrogens (tertiary/aromatic N) is 4. The number of hydrogen-bond donors (Lipinski definition) is 2. The van der Waals surface area contributed by atoms with Gasteiger partial charge in [-0.2, -0.15) is 18.3 Å². The summed E-state index contributed by atoms with van der Waals surface area (Å²) in [5, 5.41) is 6.90. The van der Waals surface area contributed by atoms with Gasteiger partial charge in [-0.1, -0.05) is 6.07 Å². The van der Waals surface area contributed by atoms with Gasteiger partial charge in [-0.15, -0.1) is 0 Å². The van der Waals surface area contributed by atoms with Gasteiger partial charge in [-0.3, -0.25) is 14.3 Å². The third kappa shape index (κ3) is 4.01. The molecule has 0 bridgehead atoms. The van der Waals surface area contributed by atoms with Crippen molar-refractivity contribution in [1.29, 1.82) is 0 Å². The van der Waals surface area contributed by atoms with Crippen LogP contribution in [0.2, 0.25) is 0 Å². The number of fused-ring (bicyclic) bond motifs is 1. The fourth-order valence-corrected chi connectivity index (χ4v) is 3.50. The van der Waals surface area contributed by atoms with Gasteiger partial charge in [0.15, 0.2) is 0 Å². The van der Waals surface area contributed by atoms with Gasteiger partial charge in [-0.25, -0.2) is 4.98 Å². The Morgan fingerprint density at radius 3 is 2.53 bits per heavy atom. The molecule has 4 rings (SSSR count). The fourth-order valence-electron chi connectivity index (χ4n) is 3.50. The molecule has 1 unspecified atom stereocenters. The molecule has 11 heteroatoms. The lowest BCUT2D eigenvalue weighted by Gasteiger charge is -2.32. The SMILES string of the molecule is CC1CN(c2ccc(C(F)(F)F)cc2)C(=O)c2c(C(=O)NCc3ccc(N)nc3)cnn21. The zero-order valence-electron chi connectivity index (χ0n) is 16.9. The highest BCUT2D eigenvalue weighted by atomic mass is 19.4. The van der Waals surface area contributed by atoms with Crippen LogP contribution in [-0.2, 0) is 12.7 Å². The lowest BCUT2D eigenvalue weighted by atomic mass is 10.1. The number of amides is 2. The lowest BCUT2D eigenvalue weighted by Crippen LogP contribution is -2.43. The van der Waals surface area contributed by atoms with Gasteiger partial charge in [0, 0.05) is 25.0 Å². The summed E-state index contributed by atoms with van der Waals surface area (Å²) < 4.78 is 40.1. The first-order chi connectivity index (χ1) is 15.1. The summed E-state index contributed by atoms with van der Waals surface area (Å²) in [5.41, 5.74) is 5.94. The zero-order chi connectivity index (χ0) is 23.0. The first-order valence-corrected chi connectivity index (χ1v) is 9.70. The molecule has 3 heterocycles. The molecule has 0 saturated carbocycles. The Morgan fingerprint density at radius 2 is 1.91 bits per heavy atom. The molecule has 0 saturated heterocycles. The van der Waals surface area contributed by atoms with Crippen LogP contribution in [0.1, 0.15) is 44.9 Å². The van der Waals surface area contributed by atoms with Crippen molar-refractivity contribution < 1.29 is 22.8 Å². The molecular weight excluding hydrogens is 425 g/mol. The minimum atomic E-state index is -4.47. The van der Waals surface area contributed by atoms with Crippen LogP contribution in [0.5, 0.6) is 0 Å². The van der Waals surface area contributed by atoms with Crippen LogP contribution in [0.15, 0.2) is 48.8 Å². The second-order valence-electron chi connectivity index (χ2n) is 7.43. The van der Waals surface area contributed by atoms with E-state index >= 15 is 0 Å². The quantitative estimate of drug-likeness (QED) is 0.644. The van der Waals surface area contributed by atoms with E-state index in [2.05, 4.69) is 15.4 Å². The summed E-state index contributed by atoms with van der Waals surface area (Å²) in [6.45, 7) is 2.18. The third-order valence-electron chi connectivity index (χ3n) is 5.16. The lowest BCUT2D eigenvalue weighted by molar-refractivity contribution is -0.137. The summed E-state index contributed by atoms with van der Waals surface area (Å²) >= 11 is 0. The molecule has 0 radical (unpaired) electrons. The average Bonchev–Trinajstić information content (AvgIpc) is 3.21. The monoisotopic (exact) mass is 444 g/mol. The van der Waals surface area contributed by atoms with Gasteiger partial charge in [-0.05, 0) is 42.8 Å². The van der Waals surface area contributed by atoms with Crippen LogP contribution in [0.25, 0.3) is 0 Å². The molecule has 3 aromatic rings. The molecule has 8 nitrogen and oxygen atoms in total. The van der Waals surface area contributed by atoms with Crippen molar-refractivity contribution in [2.24, 2.45) is 0 Å². The summed E-state index contributed by atoms with van der Waals surface area (Å²) in [6, 6.07) is 7.38. The van der Waals surface area contributed by atoms with E-state index in [9.17, 15) is 22.8 Å². The van der Waals surface area contributed by atoms with E-state index in [0.29, 0.717) is 11.5 Å². The number of nitrogens with two attached hydrogens (primary N) is 1. The zero-order valence-corrected chi connectivity index (χ0v) is 16.9. The standard InChI is InChI=1S/C21H19F3N6O2/c1-12-11-29(15-5-3-14(4-6-15)21(22,23)24)20(32)18-16(10-28-30(12)18)19(31)27-9-13-2-7-17(25)26-8-13/h2-8,10,12H,9,11H2,1H3,(H2,25,26)(H,27,31). The minimum absolute atomic E-state index is 0.0802. The second-order valence-corrected chi connectivity index (χ2v) is 7.43. The van der Waals surface area contributed by atoms with Gasteiger partial charge in [0.05, 0.1) is 23.4 Å². The Kier molecular flexibility index (Phi) is 5.33. The van der Waals surface area contributed by atoms with Gasteiger partial charge < -0.3 is 16.0 Å². The fraction of sp³-hybridized carbons (Fsp3) is 0.238. The number of benzene rings is 1. The van der Waals surface area contributed by atoms with Crippen molar-refractivity contribution in [3.05, 3.63) is 71.2 Å². The highest BCUT2D eigenvalue weighted by Crippen LogP contribution is 2.32. The molecule has 32 heavy (non-hydrogen) atoms. The van der Waals surface area contributed by atoms with Crippen LogP contribution in [-0.4, -0.2) is 33.1 Å². The number of alkyl halides is 3. The van der Waals surface area contributed by atoms with Crippen molar-refractivity contribution in [3.8, 4) is 0 Å². The average molecular weight is 444 g/mol. The molecule has 166 valence electrons. The first-order valence-electron chi connectivity index (χ1n) is 9.70. The number of halogens is 3. The molecule has 2 aromatic heterocycles. The number of aromatic nitrogens is 3. The molecule has 2 amide bonds. The van der Waals surface area contributed by atoms with Crippen LogP contribution in [0.4, 0.5) is 24.7 Å². The highest BCUT2D eigenvalue weighted by molar-refractivity contribution is 6.12. The third-order valence-corrected chi connectivity index (χ3v) is 5.16. The second kappa shape index (κ2) is 7.98. The molecule has 0 fully saturated rings. The Hall–Kier alpha value is -3.89. The predicted octanol–water partition coefficient (Wildman–Crippen LogP) is 3.03. The van der Waals surface area contributed by atoms with E-state index in [4.69, 9.17) is 5.73 Å². The predicted molar refractivity (Wildman–Crippen MR) is 110 cm³/mol. The van der Waals surface area contributed by atoms with Crippen molar-refractivity contribution in [2.75, 3.05) is 17.2 Å². The molecule has 1 aromatic carbocycles. The molecule has 3 N–H and O–H groups in total. The maximum absolute atomic E-state index is 13.2. The number of carbonyl (C=O) groups is 2. The van der Waals surface area contributed by atoms with Crippen molar-refractivity contribution in [3.63, 3.8) is 0 Å². The number of pyridine rings is 1. The Morgan fingerprint density at radius 1 is 1.19 bits per heavy atom. The van der Waals surface area contributed by atoms with E-state index in [0.717, 1.165) is 17.7 Å². The minimum Gasteiger partial charge on any atom is -0.384 e. The molecule has 1 aliphatic rings. The van der Waals surface area contributed by atoms with E-state index in [-0.39, 0.29) is 30.4 Å². The summed E-state index contributed by atoms with van der Waals surface area (Å²) in [5.74, 6) is -0.661. The maximum Gasteiger partial charge on any atom is 0.416 e. The van der Waals surface area contributed by atoms with Crippen LogP contribution in [0.3, 0.4) is 0 Å². The van der Waals surface area contributed by atoms with Gasteiger partial charge >= 0.3 is 6.18 Å². The molecule has 1 atom stereocenters. The number of carbonyl (C=O) groups excluding carboxylic acids is 2. The first kappa shape index (κ1) is 21.3.